The second-order valence-electron chi connectivity index (χ2n) is 4.82. The summed E-state index contributed by atoms with van der Waals surface area (Å²) in [4.78, 5) is 15.8. The maximum absolute atomic E-state index is 11.9. The summed E-state index contributed by atoms with van der Waals surface area (Å²) < 4.78 is 5.04. The zero-order valence-electron chi connectivity index (χ0n) is 10.5. The molecule has 1 atom stereocenters. The fourth-order valence-electron chi connectivity index (χ4n) is 2.79. The Labute approximate surface area is 101 Å². The quantitative estimate of drug-likeness (QED) is 0.735. The molecular formula is C11H20N4O2. The third-order valence-corrected chi connectivity index (χ3v) is 3.64. The Morgan fingerprint density at radius 1 is 1.59 bits per heavy atom. The second kappa shape index (κ2) is 4.62. The molecule has 2 heterocycles. The molecule has 2 aliphatic rings. The third-order valence-electron chi connectivity index (χ3n) is 3.64. The first-order chi connectivity index (χ1) is 8.10. The summed E-state index contributed by atoms with van der Waals surface area (Å²) in [5, 5.41) is 10.7. The molecule has 6 nitrogen and oxygen atoms in total. The average molecular weight is 240 g/mol. The van der Waals surface area contributed by atoms with Crippen molar-refractivity contribution < 1.29 is 9.53 Å². The van der Waals surface area contributed by atoms with E-state index >= 15 is 0 Å². The van der Waals surface area contributed by atoms with Crippen LogP contribution in [0.3, 0.4) is 0 Å². The van der Waals surface area contributed by atoms with Gasteiger partial charge < -0.3 is 14.5 Å². The minimum absolute atomic E-state index is 0.164. The molecule has 2 rings (SSSR count). The molecule has 2 aliphatic heterocycles. The van der Waals surface area contributed by atoms with Crippen molar-refractivity contribution in [3.63, 3.8) is 0 Å². The number of urea groups is 1. The first kappa shape index (κ1) is 12.3. The summed E-state index contributed by atoms with van der Waals surface area (Å²) in [7, 11) is 3.66. The number of rotatable bonds is 3. The van der Waals surface area contributed by atoms with Gasteiger partial charge in [0.1, 0.15) is 11.4 Å². The van der Waals surface area contributed by atoms with E-state index in [4.69, 9.17) is 10.1 Å². The van der Waals surface area contributed by atoms with Crippen molar-refractivity contribution in [1.82, 2.24) is 15.1 Å². The Balaban J connectivity index is 2.20. The smallest absolute Gasteiger partial charge is 0.323 e. The number of carbonyl (C=O) groups excluding carboxylic acids is 1. The lowest BCUT2D eigenvalue weighted by molar-refractivity contribution is 0.0822. The second-order valence-corrected chi connectivity index (χ2v) is 4.82. The molecule has 0 aromatic heterocycles. The normalized spacial score (nSPS) is 30.1. The number of piperidine rings is 1. The van der Waals surface area contributed by atoms with Crippen molar-refractivity contribution >= 4 is 11.9 Å². The molecule has 1 spiro atoms. The molecule has 0 aliphatic carbocycles. The zero-order chi connectivity index (χ0) is 12.5. The summed E-state index contributed by atoms with van der Waals surface area (Å²) in [6.45, 7) is 2.81. The van der Waals surface area contributed by atoms with Gasteiger partial charge >= 0.3 is 6.03 Å². The fraction of sp³-hybridized carbons (Fsp3) is 0.818. The van der Waals surface area contributed by atoms with Gasteiger partial charge in [0.15, 0.2) is 0 Å². The lowest BCUT2D eigenvalue weighted by atomic mass is 9.87. The summed E-state index contributed by atoms with van der Waals surface area (Å²) >= 11 is 0. The van der Waals surface area contributed by atoms with Crippen LogP contribution in [0.2, 0.25) is 0 Å². The van der Waals surface area contributed by atoms with E-state index in [1.165, 1.54) is 0 Å². The number of carbonyl (C=O) groups is 1. The number of methoxy groups -OCH3 is 1. The molecule has 2 fully saturated rings. The Morgan fingerprint density at radius 2 is 2.35 bits per heavy atom. The van der Waals surface area contributed by atoms with Crippen molar-refractivity contribution in [1.29, 1.82) is 5.41 Å². The zero-order valence-corrected chi connectivity index (χ0v) is 10.5. The average Bonchev–Trinajstić information content (AvgIpc) is 2.49. The fourth-order valence-corrected chi connectivity index (χ4v) is 2.79. The van der Waals surface area contributed by atoms with Gasteiger partial charge in [-0.25, -0.2) is 4.79 Å². The van der Waals surface area contributed by atoms with E-state index in [2.05, 4.69) is 10.2 Å². The van der Waals surface area contributed by atoms with Gasteiger partial charge in [-0.2, -0.15) is 0 Å². The number of nitrogens with one attached hydrogen (secondary N) is 2. The van der Waals surface area contributed by atoms with Gasteiger partial charge in [0.05, 0.1) is 6.61 Å². The molecule has 0 aromatic rings. The lowest BCUT2D eigenvalue weighted by Crippen LogP contribution is -2.59. The number of likely N-dealkylation sites (N-methyl/N-ethyl adjacent to an activating group) is 1. The lowest BCUT2D eigenvalue weighted by Gasteiger charge is -2.43. The van der Waals surface area contributed by atoms with Crippen LogP contribution in [0, 0.1) is 5.41 Å². The maximum atomic E-state index is 11.9. The van der Waals surface area contributed by atoms with Gasteiger partial charge in [0.25, 0.3) is 0 Å². The molecule has 0 radical (unpaired) electrons. The predicted molar refractivity (Wildman–Crippen MR) is 64.3 cm³/mol. The van der Waals surface area contributed by atoms with Crippen molar-refractivity contribution in [2.45, 2.75) is 18.4 Å². The van der Waals surface area contributed by atoms with Crippen LogP contribution in [-0.4, -0.2) is 67.6 Å². The Bertz CT molecular complexity index is 333. The maximum Gasteiger partial charge on any atom is 0.323 e. The monoisotopic (exact) mass is 240 g/mol. The number of ether oxygens (including phenoxy) is 1. The van der Waals surface area contributed by atoms with Crippen LogP contribution in [0.5, 0.6) is 0 Å². The van der Waals surface area contributed by atoms with Crippen molar-refractivity contribution in [3.8, 4) is 0 Å². The number of nitrogens with zero attached hydrogens (tertiary/aromatic N) is 2. The number of amides is 2. The SMILES string of the molecule is COCCN1C(=O)NC(=N)C12CCCN(C)C2. The van der Waals surface area contributed by atoms with Crippen LogP contribution in [0.1, 0.15) is 12.8 Å². The van der Waals surface area contributed by atoms with Gasteiger partial charge in [-0.1, -0.05) is 0 Å². The van der Waals surface area contributed by atoms with Crippen molar-refractivity contribution in [2.75, 3.05) is 40.4 Å². The van der Waals surface area contributed by atoms with E-state index in [9.17, 15) is 4.79 Å². The predicted octanol–water partition coefficient (Wildman–Crippen LogP) is 0.0997. The Hall–Kier alpha value is -1.14. The van der Waals surface area contributed by atoms with Gasteiger partial charge in [-0.15, -0.1) is 0 Å². The van der Waals surface area contributed by atoms with Crippen LogP contribution in [0.15, 0.2) is 0 Å². The highest BCUT2D eigenvalue weighted by Gasteiger charge is 2.51. The molecule has 96 valence electrons. The topological polar surface area (TPSA) is 68.7 Å². The summed E-state index contributed by atoms with van der Waals surface area (Å²) in [6, 6.07) is -0.164. The van der Waals surface area contributed by atoms with Crippen LogP contribution in [0.4, 0.5) is 4.79 Å². The van der Waals surface area contributed by atoms with E-state index < -0.39 is 5.54 Å². The molecule has 2 saturated heterocycles. The Kier molecular flexibility index (Phi) is 3.35. The van der Waals surface area contributed by atoms with E-state index in [0.29, 0.717) is 19.0 Å². The molecule has 6 heteroatoms. The Morgan fingerprint density at radius 3 is 3.00 bits per heavy atom. The molecule has 0 aromatic carbocycles. The number of likely N-dealkylation sites (tertiary alicyclic amines) is 1. The van der Waals surface area contributed by atoms with Gasteiger partial charge in [-0.3, -0.25) is 10.7 Å². The highest BCUT2D eigenvalue weighted by atomic mass is 16.5. The number of amidine groups is 1. The third kappa shape index (κ3) is 2.02. The van der Waals surface area contributed by atoms with Crippen LogP contribution in [0.25, 0.3) is 0 Å². The molecule has 2 N–H and O–H groups in total. The highest BCUT2D eigenvalue weighted by molar-refractivity contribution is 6.08. The van der Waals surface area contributed by atoms with E-state index in [-0.39, 0.29) is 6.03 Å². The molecule has 0 bridgehead atoms. The number of hydrogen-bond acceptors (Lipinski definition) is 4. The molecule has 2 amide bonds. The van der Waals surface area contributed by atoms with Gasteiger partial charge in [0, 0.05) is 20.2 Å². The summed E-state index contributed by atoms with van der Waals surface area (Å²) in [5.41, 5.74) is -0.456. The number of hydrogen-bond donors (Lipinski definition) is 2. The molecule has 17 heavy (non-hydrogen) atoms. The van der Waals surface area contributed by atoms with Crippen molar-refractivity contribution in [2.24, 2.45) is 0 Å². The minimum Gasteiger partial charge on any atom is -0.383 e. The van der Waals surface area contributed by atoms with Crippen LogP contribution < -0.4 is 5.32 Å². The summed E-state index contributed by atoms with van der Waals surface area (Å²) in [5.74, 6) is 0.338. The highest BCUT2D eigenvalue weighted by Crippen LogP contribution is 2.31. The summed E-state index contributed by atoms with van der Waals surface area (Å²) in [6.07, 6.45) is 1.87. The van der Waals surface area contributed by atoms with E-state index in [1.54, 1.807) is 12.0 Å². The van der Waals surface area contributed by atoms with E-state index in [0.717, 1.165) is 25.9 Å². The van der Waals surface area contributed by atoms with Gasteiger partial charge in [0.2, 0.25) is 0 Å². The molecule has 0 saturated carbocycles. The van der Waals surface area contributed by atoms with Crippen LogP contribution in [-0.2, 0) is 4.74 Å². The van der Waals surface area contributed by atoms with Crippen LogP contribution >= 0.6 is 0 Å². The minimum atomic E-state index is -0.456. The molecular weight excluding hydrogens is 220 g/mol. The van der Waals surface area contributed by atoms with Gasteiger partial charge in [-0.05, 0) is 26.4 Å². The largest absolute Gasteiger partial charge is 0.383 e. The first-order valence-electron chi connectivity index (χ1n) is 5.95. The standard InChI is InChI=1S/C11H20N4O2/c1-14-5-3-4-11(8-14)9(12)13-10(16)15(11)6-7-17-2/h3-8H2,1-2H3,(H2,12,13,16). The van der Waals surface area contributed by atoms with Crippen molar-refractivity contribution in [3.05, 3.63) is 0 Å². The molecule has 1 unspecified atom stereocenters. The first-order valence-corrected chi connectivity index (χ1v) is 5.95. The van der Waals surface area contributed by atoms with E-state index in [1.807, 2.05) is 7.05 Å².